The molecule has 1 saturated heterocycles. The molecule has 1 heterocycles. The minimum Gasteiger partial charge on any atom is -0.462 e. The van der Waals surface area contributed by atoms with E-state index in [1.165, 1.54) is 0 Å². The SMILES string of the molecule is CCOC(=O)c1ccc(NC(=O)CC(=O)NCCN2CCOCC2)cc1. The fourth-order valence-electron chi connectivity index (χ4n) is 2.50. The maximum atomic E-state index is 11.9. The summed E-state index contributed by atoms with van der Waals surface area (Å²) in [5.41, 5.74) is 0.926. The third-order valence-electron chi connectivity index (χ3n) is 3.85. The van der Waals surface area contributed by atoms with Crippen LogP contribution in [-0.4, -0.2) is 68.7 Å². The first-order valence-electron chi connectivity index (χ1n) is 8.72. The standard InChI is InChI=1S/C18H25N3O5/c1-2-26-18(24)14-3-5-15(6-4-14)20-17(23)13-16(22)19-7-8-21-9-11-25-12-10-21/h3-6H,2,7-13H2,1H3,(H,19,22)(H,20,23). The Labute approximate surface area is 152 Å². The van der Waals surface area contributed by atoms with Gasteiger partial charge in [-0.1, -0.05) is 0 Å². The van der Waals surface area contributed by atoms with Gasteiger partial charge in [0.1, 0.15) is 6.42 Å². The molecule has 8 nitrogen and oxygen atoms in total. The van der Waals surface area contributed by atoms with Crippen molar-refractivity contribution in [2.45, 2.75) is 13.3 Å². The van der Waals surface area contributed by atoms with Gasteiger partial charge in [-0.2, -0.15) is 0 Å². The summed E-state index contributed by atoms with van der Waals surface area (Å²) in [7, 11) is 0. The number of amides is 2. The smallest absolute Gasteiger partial charge is 0.338 e. The Morgan fingerprint density at radius 2 is 1.81 bits per heavy atom. The Morgan fingerprint density at radius 3 is 2.46 bits per heavy atom. The highest BCUT2D eigenvalue weighted by Gasteiger charge is 2.13. The van der Waals surface area contributed by atoms with Crippen LogP contribution in [-0.2, 0) is 19.1 Å². The van der Waals surface area contributed by atoms with E-state index in [0.717, 1.165) is 19.6 Å². The summed E-state index contributed by atoms with van der Waals surface area (Å²) in [6.07, 6.45) is -0.247. The molecular weight excluding hydrogens is 338 g/mol. The Hall–Kier alpha value is -2.45. The van der Waals surface area contributed by atoms with Crippen LogP contribution in [0.4, 0.5) is 5.69 Å². The minimum atomic E-state index is -0.412. The fraction of sp³-hybridized carbons (Fsp3) is 0.500. The summed E-state index contributed by atoms with van der Waals surface area (Å²) in [5, 5.41) is 5.37. The zero-order chi connectivity index (χ0) is 18.8. The van der Waals surface area contributed by atoms with Crippen LogP contribution >= 0.6 is 0 Å². The molecule has 0 aliphatic carbocycles. The van der Waals surface area contributed by atoms with Gasteiger partial charge in [0, 0.05) is 31.9 Å². The van der Waals surface area contributed by atoms with Crippen LogP contribution in [0.5, 0.6) is 0 Å². The summed E-state index contributed by atoms with van der Waals surface area (Å²) in [5.74, 6) is -1.14. The van der Waals surface area contributed by atoms with Gasteiger partial charge in [0.15, 0.2) is 0 Å². The van der Waals surface area contributed by atoms with Gasteiger partial charge >= 0.3 is 5.97 Å². The summed E-state index contributed by atoms with van der Waals surface area (Å²) in [4.78, 5) is 37.5. The van der Waals surface area contributed by atoms with Gasteiger partial charge in [-0.25, -0.2) is 4.79 Å². The monoisotopic (exact) mass is 363 g/mol. The predicted molar refractivity (Wildman–Crippen MR) is 95.9 cm³/mol. The number of rotatable bonds is 8. The normalized spacial score (nSPS) is 14.5. The molecule has 0 radical (unpaired) electrons. The van der Waals surface area contributed by atoms with Crippen LogP contribution < -0.4 is 10.6 Å². The lowest BCUT2D eigenvalue weighted by molar-refractivity contribution is -0.126. The molecule has 8 heteroatoms. The van der Waals surface area contributed by atoms with E-state index in [-0.39, 0.29) is 12.3 Å². The van der Waals surface area contributed by atoms with E-state index < -0.39 is 11.9 Å². The van der Waals surface area contributed by atoms with Gasteiger partial charge in [-0.15, -0.1) is 0 Å². The summed E-state index contributed by atoms with van der Waals surface area (Å²) >= 11 is 0. The van der Waals surface area contributed by atoms with E-state index in [4.69, 9.17) is 9.47 Å². The van der Waals surface area contributed by atoms with Crippen molar-refractivity contribution in [1.29, 1.82) is 0 Å². The molecule has 142 valence electrons. The van der Waals surface area contributed by atoms with Crippen LogP contribution in [0, 0.1) is 0 Å². The number of morpholine rings is 1. The Balaban J connectivity index is 1.68. The maximum absolute atomic E-state index is 11.9. The van der Waals surface area contributed by atoms with Crippen molar-refractivity contribution < 1.29 is 23.9 Å². The maximum Gasteiger partial charge on any atom is 0.338 e. The molecule has 2 amide bonds. The van der Waals surface area contributed by atoms with Gasteiger partial charge in [-0.05, 0) is 31.2 Å². The van der Waals surface area contributed by atoms with Crippen molar-refractivity contribution >= 4 is 23.5 Å². The third-order valence-corrected chi connectivity index (χ3v) is 3.85. The number of hydrogen-bond donors (Lipinski definition) is 2. The Bertz CT molecular complexity index is 612. The second-order valence-electron chi connectivity index (χ2n) is 5.83. The predicted octanol–water partition coefficient (Wildman–Crippen LogP) is 0.640. The van der Waals surface area contributed by atoms with Gasteiger partial charge in [-0.3, -0.25) is 14.5 Å². The molecule has 0 atom stereocenters. The molecule has 1 aromatic rings. The summed E-state index contributed by atoms with van der Waals surface area (Å²) in [6.45, 7) is 6.43. The molecule has 2 rings (SSSR count). The average molecular weight is 363 g/mol. The van der Waals surface area contributed by atoms with E-state index in [0.29, 0.717) is 37.6 Å². The number of nitrogens with zero attached hydrogens (tertiary/aromatic N) is 1. The minimum absolute atomic E-state index is 0.247. The Morgan fingerprint density at radius 1 is 1.12 bits per heavy atom. The number of hydrogen-bond acceptors (Lipinski definition) is 6. The Kier molecular flexibility index (Phi) is 8.04. The van der Waals surface area contributed by atoms with E-state index >= 15 is 0 Å². The molecule has 0 unspecified atom stereocenters. The third kappa shape index (κ3) is 6.81. The molecule has 0 bridgehead atoms. The van der Waals surface area contributed by atoms with Crippen molar-refractivity contribution in [2.75, 3.05) is 51.3 Å². The zero-order valence-electron chi connectivity index (χ0n) is 15.0. The molecule has 0 aromatic heterocycles. The quantitative estimate of drug-likeness (QED) is 0.520. The van der Waals surface area contributed by atoms with Gasteiger partial charge in [0.25, 0.3) is 0 Å². The topological polar surface area (TPSA) is 97.0 Å². The lowest BCUT2D eigenvalue weighted by Gasteiger charge is -2.26. The fourth-order valence-corrected chi connectivity index (χ4v) is 2.50. The van der Waals surface area contributed by atoms with Crippen molar-refractivity contribution in [3.63, 3.8) is 0 Å². The first-order valence-corrected chi connectivity index (χ1v) is 8.72. The lowest BCUT2D eigenvalue weighted by Crippen LogP contribution is -2.41. The molecule has 1 aliphatic heterocycles. The largest absolute Gasteiger partial charge is 0.462 e. The number of carbonyl (C=O) groups is 3. The van der Waals surface area contributed by atoms with E-state index in [2.05, 4.69) is 15.5 Å². The number of esters is 1. The molecule has 1 aromatic carbocycles. The van der Waals surface area contributed by atoms with Gasteiger partial charge in [0.05, 0.1) is 25.4 Å². The molecule has 0 spiro atoms. The van der Waals surface area contributed by atoms with Crippen molar-refractivity contribution in [2.24, 2.45) is 0 Å². The van der Waals surface area contributed by atoms with E-state index in [1.54, 1.807) is 31.2 Å². The second-order valence-corrected chi connectivity index (χ2v) is 5.83. The van der Waals surface area contributed by atoms with E-state index in [1.807, 2.05) is 0 Å². The summed E-state index contributed by atoms with van der Waals surface area (Å²) in [6, 6.07) is 6.33. The molecule has 2 N–H and O–H groups in total. The number of benzene rings is 1. The number of anilines is 1. The summed E-state index contributed by atoms with van der Waals surface area (Å²) < 4.78 is 10.2. The highest BCUT2D eigenvalue weighted by molar-refractivity contribution is 6.03. The van der Waals surface area contributed by atoms with Crippen LogP contribution in [0.15, 0.2) is 24.3 Å². The molecular formula is C18H25N3O5. The molecule has 0 saturated carbocycles. The van der Waals surface area contributed by atoms with Crippen molar-refractivity contribution in [3.05, 3.63) is 29.8 Å². The van der Waals surface area contributed by atoms with Crippen LogP contribution in [0.2, 0.25) is 0 Å². The van der Waals surface area contributed by atoms with Crippen LogP contribution in [0.1, 0.15) is 23.7 Å². The van der Waals surface area contributed by atoms with Crippen LogP contribution in [0.3, 0.4) is 0 Å². The average Bonchev–Trinajstić information content (AvgIpc) is 2.63. The number of nitrogens with one attached hydrogen (secondary N) is 2. The number of ether oxygens (including phenoxy) is 2. The van der Waals surface area contributed by atoms with Gasteiger partial charge < -0.3 is 20.1 Å². The molecule has 1 fully saturated rings. The highest BCUT2D eigenvalue weighted by Crippen LogP contribution is 2.11. The highest BCUT2D eigenvalue weighted by atomic mass is 16.5. The molecule has 1 aliphatic rings. The first kappa shape index (κ1) is 19.9. The van der Waals surface area contributed by atoms with Crippen molar-refractivity contribution in [1.82, 2.24) is 10.2 Å². The van der Waals surface area contributed by atoms with Crippen LogP contribution in [0.25, 0.3) is 0 Å². The zero-order valence-corrected chi connectivity index (χ0v) is 15.0. The van der Waals surface area contributed by atoms with Gasteiger partial charge in [0.2, 0.25) is 11.8 Å². The van der Waals surface area contributed by atoms with E-state index in [9.17, 15) is 14.4 Å². The first-order chi connectivity index (χ1) is 12.6. The molecule has 26 heavy (non-hydrogen) atoms. The lowest BCUT2D eigenvalue weighted by atomic mass is 10.2. The van der Waals surface area contributed by atoms with Crippen molar-refractivity contribution in [3.8, 4) is 0 Å². The second kappa shape index (κ2) is 10.5. The number of carbonyl (C=O) groups excluding carboxylic acids is 3.